The fourth-order valence-corrected chi connectivity index (χ4v) is 2.87. The predicted octanol–water partition coefficient (Wildman–Crippen LogP) is 4.21. The Morgan fingerprint density at radius 1 is 0.739 bits per heavy atom. The lowest BCUT2D eigenvalue weighted by Gasteiger charge is -2.03. The van der Waals surface area contributed by atoms with E-state index in [-0.39, 0.29) is 5.97 Å². The number of hydrogen-bond donors (Lipinski definition) is 0. The Bertz CT molecular complexity index is 378. The van der Waals surface area contributed by atoms with E-state index in [2.05, 4.69) is 4.74 Å². The Morgan fingerprint density at radius 2 is 1.13 bits per heavy atom. The third-order valence-corrected chi connectivity index (χ3v) is 4.40. The van der Waals surface area contributed by atoms with Crippen LogP contribution in [0.25, 0.3) is 0 Å². The number of methoxy groups -OCH3 is 1. The zero-order valence-corrected chi connectivity index (χ0v) is 15.7. The van der Waals surface area contributed by atoms with Crippen LogP contribution in [-0.2, 0) is 23.8 Å². The van der Waals surface area contributed by atoms with Crippen LogP contribution in [-0.4, -0.2) is 34.4 Å². The summed E-state index contributed by atoms with van der Waals surface area (Å²) in [5, 5.41) is 0. The van der Waals surface area contributed by atoms with Gasteiger partial charge in [-0.25, -0.2) is 0 Å². The number of ether oxygens (including phenoxy) is 1. The highest BCUT2D eigenvalue weighted by Gasteiger charge is 2.01. The predicted molar refractivity (Wildman–Crippen MR) is 92.8 cm³/mol. The average molecular weight is 351 g/mol. The molecule has 0 rings (SSSR count). The molecule has 0 aliphatic rings. The van der Waals surface area contributed by atoms with Crippen LogP contribution in [0.2, 0.25) is 0 Å². The van der Waals surface area contributed by atoms with Gasteiger partial charge in [-0.3, -0.25) is 8.98 Å². The van der Waals surface area contributed by atoms with Crippen molar-refractivity contribution in [2.45, 2.75) is 83.5 Å². The summed E-state index contributed by atoms with van der Waals surface area (Å²) < 4.78 is 30.8. The quantitative estimate of drug-likeness (QED) is 0.237. The molecule has 23 heavy (non-hydrogen) atoms. The van der Waals surface area contributed by atoms with Gasteiger partial charge < -0.3 is 4.74 Å². The molecule has 138 valence electrons. The van der Waals surface area contributed by atoms with E-state index in [1.54, 1.807) is 0 Å². The second-order valence-electron chi connectivity index (χ2n) is 6.09. The molecule has 5 nitrogen and oxygen atoms in total. The smallest absolute Gasteiger partial charge is 0.305 e. The lowest BCUT2D eigenvalue weighted by atomic mass is 10.0. The summed E-state index contributed by atoms with van der Waals surface area (Å²) in [5.41, 5.74) is 0. The molecule has 0 saturated heterocycles. The molecule has 0 aliphatic heterocycles. The first-order chi connectivity index (χ1) is 11.0. The topological polar surface area (TPSA) is 69.7 Å². The second-order valence-corrected chi connectivity index (χ2v) is 7.74. The van der Waals surface area contributed by atoms with E-state index in [0.717, 1.165) is 38.4 Å². The van der Waals surface area contributed by atoms with Crippen LogP contribution in [0.1, 0.15) is 83.5 Å². The monoisotopic (exact) mass is 350 g/mol. The van der Waals surface area contributed by atoms with Crippen LogP contribution >= 0.6 is 0 Å². The lowest BCUT2D eigenvalue weighted by molar-refractivity contribution is -0.140. The van der Waals surface area contributed by atoms with Gasteiger partial charge in [-0.05, 0) is 12.8 Å². The number of carbonyl (C=O) groups excluding carboxylic acids is 1. The van der Waals surface area contributed by atoms with Crippen molar-refractivity contribution in [3.05, 3.63) is 0 Å². The van der Waals surface area contributed by atoms with E-state index in [9.17, 15) is 13.2 Å². The van der Waals surface area contributed by atoms with Gasteiger partial charge in [0.15, 0.2) is 0 Å². The van der Waals surface area contributed by atoms with Crippen molar-refractivity contribution in [2.24, 2.45) is 0 Å². The summed E-state index contributed by atoms with van der Waals surface area (Å²) in [6.07, 6.45) is 15.5. The fraction of sp³-hybridized carbons (Fsp3) is 0.941. The summed E-state index contributed by atoms with van der Waals surface area (Å²) in [5.74, 6) is -0.104. The van der Waals surface area contributed by atoms with Crippen LogP contribution in [0, 0.1) is 0 Å². The van der Waals surface area contributed by atoms with Crippen molar-refractivity contribution < 1.29 is 22.1 Å². The van der Waals surface area contributed by atoms with Gasteiger partial charge in [0.2, 0.25) is 0 Å². The highest BCUT2D eigenvalue weighted by molar-refractivity contribution is 7.85. The molecule has 0 atom stereocenters. The van der Waals surface area contributed by atoms with Gasteiger partial charge in [0, 0.05) is 6.42 Å². The third-order valence-electron chi connectivity index (χ3n) is 3.80. The molecule has 0 N–H and O–H groups in total. The minimum absolute atomic E-state index is 0.104. The molecule has 0 bridgehead atoms. The first kappa shape index (κ1) is 22.4. The fourth-order valence-electron chi connectivity index (χ4n) is 2.45. The number of unbranched alkanes of at least 4 members (excludes halogenated alkanes) is 11. The van der Waals surface area contributed by atoms with E-state index in [0.29, 0.717) is 13.0 Å². The van der Waals surface area contributed by atoms with E-state index in [4.69, 9.17) is 4.18 Å². The Kier molecular flexibility index (Phi) is 14.5. The first-order valence-electron chi connectivity index (χ1n) is 8.87. The van der Waals surface area contributed by atoms with E-state index in [1.165, 1.54) is 52.1 Å². The highest BCUT2D eigenvalue weighted by Crippen LogP contribution is 2.12. The van der Waals surface area contributed by atoms with Crippen molar-refractivity contribution in [2.75, 3.05) is 20.0 Å². The maximum atomic E-state index is 10.9. The van der Waals surface area contributed by atoms with Crippen LogP contribution in [0.15, 0.2) is 0 Å². The highest BCUT2D eigenvalue weighted by atomic mass is 32.2. The molecule has 0 radical (unpaired) electrons. The molecule has 0 amide bonds. The maximum absolute atomic E-state index is 10.9. The van der Waals surface area contributed by atoms with Crippen molar-refractivity contribution >= 4 is 16.1 Å². The number of rotatable bonds is 16. The second kappa shape index (κ2) is 14.9. The minimum atomic E-state index is -3.27. The van der Waals surface area contributed by atoms with Gasteiger partial charge in [-0.1, -0.05) is 64.2 Å². The third kappa shape index (κ3) is 19.3. The SMILES string of the molecule is COC(=O)CCCCCCCCCCCCCCOS(C)(=O)=O. The first-order valence-corrected chi connectivity index (χ1v) is 10.7. The van der Waals surface area contributed by atoms with Crippen LogP contribution in [0.3, 0.4) is 0 Å². The Hall–Kier alpha value is -0.620. The number of carbonyl (C=O) groups is 1. The number of esters is 1. The summed E-state index contributed by atoms with van der Waals surface area (Å²) in [7, 11) is -1.83. The maximum Gasteiger partial charge on any atom is 0.305 e. The molecule has 0 aromatic heterocycles. The lowest BCUT2D eigenvalue weighted by Crippen LogP contribution is -2.03. The van der Waals surface area contributed by atoms with Crippen molar-refractivity contribution in [3.8, 4) is 0 Å². The zero-order valence-electron chi connectivity index (χ0n) is 14.8. The Balaban J connectivity index is 3.09. The van der Waals surface area contributed by atoms with Gasteiger partial charge in [0.25, 0.3) is 10.1 Å². The van der Waals surface area contributed by atoms with E-state index >= 15 is 0 Å². The van der Waals surface area contributed by atoms with Crippen molar-refractivity contribution in [1.29, 1.82) is 0 Å². The Morgan fingerprint density at radius 3 is 1.52 bits per heavy atom. The standard InChI is InChI=1S/C17H34O5S/c1-21-17(18)15-13-11-9-7-5-3-4-6-8-10-12-14-16-22-23(2,19)20/h3-16H2,1-2H3. The molecular formula is C17H34O5S. The largest absolute Gasteiger partial charge is 0.469 e. The van der Waals surface area contributed by atoms with Crippen LogP contribution < -0.4 is 0 Å². The molecule has 6 heteroatoms. The van der Waals surface area contributed by atoms with Gasteiger partial charge in [-0.2, -0.15) is 8.42 Å². The molecule has 0 aliphatic carbocycles. The molecular weight excluding hydrogens is 316 g/mol. The molecule has 0 heterocycles. The summed E-state index contributed by atoms with van der Waals surface area (Å²) in [6.45, 7) is 0.314. The normalized spacial score (nSPS) is 11.6. The molecule has 0 spiro atoms. The van der Waals surface area contributed by atoms with Gasteiger partial charge >= 0.3 is 5.97 Å². The van der Waals surface area contributed by atoms with E-state index in [1.807, 2.05) is 0 Å². The summed E-state index contributed by atoms with van der Waals surface area (Å²) >= 11 is 0. The van der Waals surface area contributed by atoms with Gasteiger partial charge in [-0.15, -0.1) is 0 Å². The molecule has 0 unspecified atom stereocenters. The van der Waals surface area contributed by atoms with E-state index < -0.39 is 10.1 Å². The molecule has 0 fully saturated rings. The van der Waals surface area contributed by atoms with Crippen LogP contribution in [0.5, 0.6) is 0 Å². The minimum Gasteiger partial charge on any atom is -0.469 e. The Labute approximate surface area is 142 Å². The van der Waals surface area contributed by atoms with Crippen molar-refractivity contribution in [3.63, 3.8) is 0 Å². The molecule has 0 saturated carbocycles. The summed E-state index contributed by atoms with van der Waals surface area (Å²) in [6, 6.07) is 0. The average Bonchev–Trinajstić information content (AvgIpc) is 2.49. The van der Waals surface area contributed by atoms with Crippen molar-refractivity contribution in [1.82, 2.24) is 0 Å². The van der Waals surface area contributed by atoms with Gasteiger partial charge in [0.1, 0.15) is 0 Å². The summed E-state index contributed by atoms with van der Waals surface area (Å²) in [4.78, 5) is 10.9. The van der Waals surface area contributed by atoms with Crippen LogP contribution in [0.4, 0.5) is 0 Å². The zero-order chi connectivity index (χ0) is 17.4. The van der Waals surface area contributed by atoms with Gasteiger partial charge in [0.05, 0.1) is 20.0 Å². The number of hydrogen-bond acceptors (Lipinski definition) is 5. The molecule has 0 aromatic carbocycles. The molecule has 0 aromatic rings.